The number of hydrogen-bond acceptors (Lipinski definition) is 3. The van der Waals surface area contributed by atoms with Crippen molar-refractivity contribution in [2.24, 2.45) is 11.7 Å². The lowest BCUT2D eigenvalue weighted by Gasteiger charge is -2.30. The van der Waals surface area contributed by atoms with Gasteiger partial charge < -0.3 is 10.5 Å². The quantitative estimate of drug-likeness (QED) is 0.817. The summed E-state index contributed by atoms with van der Waals surface area (Å²) in [4.78, 5) is 0. The van der Waals surface area contributed by atoms with Crippen molar-refractivity contribution in [2.45, 2.75) is 32.4 Å². The van der Waals surface area contributed by atoms with Crippen molar-refractivity contribution in [1.82, 2.24) is 9.78 Å². The lowest BCUT2D eigenvalue weighted by Crippen LogP contribution is -2.28. The summed E-state index contributed by atoms with van der Waals surface area (Å²) in [5, 5.41) is 4.27. The molecule has 1 aliphatic rings. The molecule has 2 N–H and O–H groups in total. The predicted octanol–water partition coefficient (Wildman–Crippen LogP) is 1.33. The molecule has 0 radical (unpaired) electrons. The van der Waals surface area contributed by atoms with Gasteiger partial charge in [-0.1, -0.05) is 0 Å². The Labute approximate surface area is 90.4 Å². The lowest BCUT2D eigenvalue weighted by molar-refractivity contribution is -0.0252. The zero-order valence-corrected chi connectivity index (χ0v) is 9.22. The van der Waals surface area contributed by atoms with Crippen LogP contribution in [0.4, 0.5) is 0 Å². The van der Waals surface area contributed by atoms with E-state index >= 15 is 0 Å². The molecule has 0 aliphatic carbocycles. The first-order valence-corrected chi connectivity index (χ1v) is 5.69. The molecule has 84 valence electrons. The van der Waals surface area contributed by atoms with Crippen LogP contribution in [0.2, 0.25) is 0 Å². The highest BCUT2D eigenvalue weighted by molar-refractivity contribution is 5.10. The van der Waals surface area contributed by atoms with Gasteiger partial charge in [0.05, 0.1) is 12.3 Å². The molecule has 2 atom stereocenters. The maximum absolute atomic E-state index is 5.79. The van der Waals surface area contributed by atoms with Gasteiger partial charge >= 0.3 is 0 Å². The van der Waals surface area contributed by atoms with Crippen molar-refractivity contribution >= 4 is 0 Å². The zero-order chi connectivity index (χ0) is 10.7. The summed E-state index contributed by atoms with van der Waals surface area (Å²) in [6, 6.07) is 0. The van der Waals surface area contributed by atoms with Crippen LogP contribution in [0, 0.1) is 5.92 Å². The number of nitrogens with two attached hydrogens (primary N) is 1. The van der Waals surface area contributed by atoms with Crippen LogP contribution in [0.15, 0.2) is 12.4 Å². The minimum Gasteiger partial charge on any atom is -0.373 e. The number of ether oxygens (including phenoxy) is 1. The van der Waals surface area contributed by atoms with Crippen LogP contribution in [-0.2, 0) is 11.3 Å². The number of hydrogen-bond donors (Lipinski definition) is 1. The monoisotopic (exact) mass is 209 g/mol. The lowest BCUT2D eigenvalue weighted by atomic mass is 9.91. The van der Waals surface area contributed by atoms with Gasteiger partial charge in [-0.2, -0.15) is 5.10 Å². The number of aromatic nitrogens is 2. The third-order valence-corrected chi connectivity index (χ3v) is 3.05. The standard InChI is InChI=1S/C11H19N3O/c1-2-14-8-10(7-13-14)11-9(6-12)4-3-5-15-11/h7-9,11H,2-6,12H2,1H3/t9-,11-/m0/s1. The van der Waals surface area contributed by atoms with E-state index in [0.717, 1.165) is 19.6 Å². The highest BCUT2D eigenvalue weighted by Crippen LogP contribution is 2.32. The van der Waals surface area contributed by atoms with Gasteiger partial charge in [0.2, 0.25) is 0 Å². The van der Waals surface area contributed by atoms with Gasteiger partial charge in [0.1, 0.15) is 0 Å². The summed E-state index contributed by atoms with van der Waals surface area (Å²) in [5.41, 5.74) is 6.94. The molecule has 1 aliphatic heterocycles. The van der Waals surface area contributed by atoms with Crippen molar-refractivity contribution in [2.75, 3.05) is 13.2 Å². The molecule has 0 unspecified atom stereocenters. The molecular weight excluding hydrogens is 190 g/mol. The van der Waals surface area contributed by atoms with E-state index in [-0.39, 0.29) is 6.10 Å². The Morgan fingerprint density at radius 1 is 1.67 bits per heavy atom. The van der Waals surface area contributed by atoms with Gasteiger partial charge in [0.15, 0.2) is 0 Å². The second kappa shape index (κ2) is 4.77. The second-order valence-electron chi connectivity index (χ2n) is 4.06. The molecule has 0 aromatic carbocycles. The smallest absolute Gasteiger partial charge is 0.0895 e. The van der Waals surface area contributed by atoms with E-state index < -0.39 is 0 Å². The van der Waals surface area contributed by atoms with Crippen LogP contribution in [0.1, 0.15) is 31.4 Å². The molecular formula is C11H19N3O. The molecule has 4 heteroatoms. The fourth-order valence-corrected chi connectivity index (χ4v) is 2.15. The fourth-order valence-electron chi connectivity index (χ4n) is 2.15. The molecule has 4 nitrogen and oxygen atoms in total. The molecule has 2 heterocycles. The van der Waals surface area contributed by atoms with E-state index in [4.69, 9.17) is 10.5 Å². The summed E-state index contributed by atoms with van der Waals surface area (Å²) in [6.07, 6.45) is 6.42. The number of rotatable bonds is 3. The molecule has 0 bridgehead atoms. The van der Waals surface area contributed by atoms with Gasteiger partial charge in [-0.15, -0.1) is 0 Å². The van der Waals surface area contributed by atoms with Gasteiger partial charge in [-0.3, -0.25) is 4.68 Å². The van der Waals surface area contributed by atoms with E-state index in [0.29, 0.717) is 12.5 Å². The normalized spacial score (nSPS) is 26.8. The topological polar surface area (TPSA) is 53.1 Å². The van der Waals surface area contributed by atoms with Gasteiger partial charge in [0.25, 0.3) is 0 Å². The maximum Gasteiger partial charge on any atom is 0.0895 e. The fraction of sp³-hybridized carbons (Fsp3) is 0.727. The molecule has 15 heavy (non-hydrogen) atoms. The van der Waals surface area contributed by atoms with Gasteiger partial charge in [0, 0.05) is 30.8 Å². The van der Waals surface area contributed by atoms with E-state index in [2.05, 4.69) is 18.2 Å². The van der Waals surface area contributed by atoms with Crippen LogP contribution >= 0.6 is 0 Å². The Kier molecular flexibility index (Phi) is 3.38. The van der Waals surface area contributed by atoms with Gasteiger partial charge in [-0.05, 0) is 26.3 Å². The van der Waals surface area contributed by atoms with E-state index in [1.54, 1.807) is 0 Å². The SMILES string of the molecule is CCn1cc([C@H]2OCCC[C@H]2CN)cn1. The minimum atomic E-state index is 0.157. The van der Waals surface area contributed by atoms with Crippen molar-refractivity contribution in [3.8, 4) is 0 Å². The summed E-state index contributed by atoms with van der Waals surface area (Å²) in [6.45, 7) is 4.53. The third-order valence-electron chi connectivity index (χ3n) is 3.05. The van der Waals surface area contributed by atoms with Crippen LogP contribution in [0.3, 0.4) is 0 Å². The Bertz CT molecular complexity index is 311. The molecule has 0 saturated carbocycles. The average Bonchev–Trinajstić information content (AvgIpc) is 2.77. The van der Waals surface area contributed by atoms with Crippen LogP contribution in [0.5, 0.6) is 0 Å². The molecule has 2 rings (SSSR count). The first-order chi connectivity index (χ1) is 7.35. The maximum atomic E-state index is 5.79. The Morgan fingerprint density at radius 3 is 3.20 bits per heavy atom. The molecule has 1 fully saturated rings. The van der Waals surface area contributed by atoms with Crippen molar-refractivity contribution in [3.63, 3.8) is 0 Å². The zero-order valence-electron chi connectivity index (χ0n) is 9.22. The predicted molar refractivity (Wildman–Crippen MR) is 58.4 cm³/mol. The summed E-state index contributed by atoms with van der Waals surface area (Å²) in [5.74, 6) is 0.452. The highest BCUT2D eigenvalue weighted by Gasteiger charge is 2.27. The first-order valence-electron chi connectivity index (χ1n) is 5.69. The average molecular weight is 209 g/mol. The van der Waals surface area contributed by atoms with E-state index in [9.17, 15) is 0 Å². The molecule has 0 spiro atoms. The summed E-state index contributed by atoms with van der Waals surface area (Å²) in [7, 11) is 0. The van der Waals surface area contributed by atoms with Crippen molar-refractivity contribution in [1.29, 1.82) is 0 Å². The van der Waals surface area contributed by atoms with Crippen molar-refractivity contribution in [3.05, 3.63) is 18.0 Å². The van der Waals surface area contributed by atoms with E-state index in [1.165, 1.54) is 12.0 Å². The molecule has 1 saturated heterocycles. The largest absolute Gasteiger partial charge is 0.373 e. The Balaban J connectivity index is 2.12. The van der Waals surface area contributed by atoms with E-state index in [1.807, 2.05) is 10.9 Å². The molecule has 1 aromatic rings. The number of nitrogens with zero attached hydrogens (tertiary/aromatic N) is 2. The number of aryl methyl sites for hydroxylation is 1. The summed E-state index contributed by atoms with van der Waals surface area (Å²) >= 11 is 0. The first kappa shape index (κ1) is 10.6. The van der Waals surface area contributed by atoms with Crippen molar-refractivity contribution < 1.29 is 4.74 Å². The summed E-state index contributed by atoms with van der Waals surface area (Å²) < 4.78 is 7.72. The Hall–Kier alpha value is -0.870. The van der Waals surface area contributed by atoms with Crippen LogP contribution in [0.25, 0.3) is 0 Å². The molecule has 0 amide bonds. The van der Waals surface area contributed by atoms with Crippen LogP contribution in [-0.4, -0.2) is 22.9 Å². The van der Waals surface area contributed by atoms with Crippen LogP contribution < -0.4 is 5.73 Å². The highest BCUT2D eigenvalue weighted by atomic mass is 16.5. The minimum absolute atomic E-state index is 0.157. The second-order valence-corrected chi connectivity index (χ2v) is 4.06. The Morgan fingerprint density at radius 2 is 2.53 bits per heavy atom. The molecule has 1 aromatic heterocycles. The third kappa shape index (κ3) is 2.21. The van der Waals surface area contributed by atoms with Gasteiger partial charge in [-0.25, -0.2) is 0 Å².